The van der Waals surface area contributed by atoms with Crippen molar-refractivity contribution in [1.29, 1.82) is 0 Å². The molecule has 3 heterocycles. The topological polar surface area (TPSA) is 3.24 Å². The molecule has 0 spiro atoms. The van der Waals surface area contributed by atoms with Gasteiger partial charge in [-0.1, -0.05) is 0 Å². The zero-order valence-corrected chi connectivity index (χ0v) is 13.9. The van der Waals surface area contributed by atoms with Crippen LogP contribution < -0.4 is 0 Å². The summed E-state index contributed by atoms with van der Waals surface area (Å²) < 4.78 is 0. The quantitative estimate of drug-likeness (QED) is 0.533. The average Bonchev–Trinajstić information content (AvgIpc) is 2.25. The van der Waals surface area contributed by atoms with Crippen LogP contribution in [0.3, 0.4) is 0 Å². The van der Waals surface area contributed by atoms with Gasteiger partial charge >= 0.3 is 111 Å². The Kier molecular flexibility index (Phi) is 5.88. The number of nitrogens with zero attached hydrogens (tertiary/aromatic N) is 1. The fourth-order valence-electron chi connectivity index (χ4n) is 4.05. The van der Waals surface area contributed by atoms with Crippen LogP contribution in [-0.4, -0.2) is 37.8 Å². The molecule has 0 aromatic carbocycles. The third-order valence-electron chi connectivity index (χ3n) is 5.11. The Morgan fingerprint density at radius 3 is 1.94 bits per heavy atom. The summed E-state index contributed by atoms with van der Waals surface area (Å²) in [5.74, 6) is 0. The second-order valence-electron chi connectivity index (χ2n) is 6.46. The van der Waals surface area contributed by atoms with Gasteiger partial charge in [0.2, 0.25) is 0 Å². The van der Waals surface area contributed by atoms with Gasteiger partial charge in [-0.05, 0) is 0 Å². The molecular weight excluding hydrogens is 267 g/mol. The van der Waals surface area contributed by atoms with Crippen LogP contribution in [0, 0.1) is 0 Å². The van der Waals surface area contributed by atoms with Crippen LogP contribution in [0.1, 0.15) is 51.9 Å². The molecule has 0 unspecified atom stereocenters. The zero-order chi connectivity index (χ0) is 12.0. The van der Waals surface area contributed by atoms with E-state index in [1.807, 2.05) is 0 Å². The van der Waals surface area contributed by atoms with Crippen LogP contribution in [0.4, 0.5) is 0 Å². The maximum absolute atomic E-state index is 2.74. The number of unbranched alkanes of at least 4 members (excludes halogenated alkanes) is 3. The van der Waals surface area contributed by atoms with Gasteiger partial charge in [0.15, 0.2) is 0 Å². The van der Waals surface area contributed by atoms with Gasteiger partial charge in [-0.3, -0.25) is 0 Å². The van der Waals surface area contributed by atoms with Crippen molar-refractivity contribution >= 4 is 13.3 Å². The molecule has 3 fully saturated rings. The molecule has 2 heteroatoms. The zero-order valence-electron chi connectivity index (χ0n) is 11.8. The van der Waals surface area contributed by atoms with Gasteiger partial charge in [0.1, 0.15) is 0 Å². The fraction of sp³-hybridized carbons (Fsp3) is 1.00. The molecule has 0 saturated carbocycles. The van der Waals surface area contributed by atoms with Gasteiger partial charge in [-0.2, -0.15) is 0 Å². The molecule has 3 saturated heterocycles. The summed E-state index contributed by atoms with van der Waals surface area (Å²) in [6.45, 7) is 6.63. The number of rotatable bonds is 5. The van der Waals surface area contributed by atoms with Crippen molar-refractivity contribution in [2.45, 2.75) is 72.9 Å². The average molecular weight is 298 g/mol. The first-order valence-corrected chi connectivity index (χ1v) is 14.0. The van der Waals surface area contributed by atoms with Crippen LogP contribution in [0.5, 0.6) is 0 Å². The normalized spacial score (nSPS) is 34.1. The van der Waals surface area contributed by atoms with Gasteiger partial charge in [0, 0.05) is 0 Å². The maximum atomic E-state index is 2.74. The monoisotopic (exact) mass is 299 g/mol. The molecule has 0 amide bonds. The summed E-state index contributed by atoms with van der Waals surface area (Å²) in [5.41, 5.74) is 0. The molecule has 0 radical (unpaired) electrons. The molecule has 0 N–H and O–H groups in total. The van der Waals surface area contributed by atoms with E-state index in [9.17, 15) is 0 Å². The van der Waals surface area contributed by atoms with Crippen molar-refractivity contribution in [3.8, 4) is 0 Å². The van der Waals surface area contributed by atoms with Crippen molar-refractivity contribution in [3.63, 3.8) is 0 Å². The van der Waals surface area contributed by atoms with Crippen LogP contribution in [0.15, 0.2) is 0 Å². The molecule has 0 aromatic rings. The van der Waals surface area contributed by atoms with E-state index in [4.69, 9.17) is 0 Å². The van der Waals surface area contributed by atoms with E-state index in [1.165, 1.54) is 38.9 Å². The third kappa shape index (κ3) is 4.27. The van der Waals surface area contributed by atoms with Gasteiger partial charge in [-0.15, -0.1) is 0 Å². The molecule has 2 bridgehead atoms. The fourth-order valence-corrected chi connectivity index (χ4v) is 15.0. The molecule has 1 nitrogen and oxygen atoms in total. The summed E-state index contributed by atoms with van der Waals surface area (Å²) in [7, 11) is 0. The first-order chi connectivity index (χ1) is 8.35. The van der Waals surface area contributed by atoms with Crippen LogP contribution in [0.25, 0.3) is 0 Å². The van der Waals surface area contributed by atoms with Gasteiger partial charge in [0.25, 0.3) is 0 Å². The molecule has 3 aliphatic heterocycles. The van der Waals surface area contributed by atoms with Crippen molar-refractivity contribution in [1.82, 2.24) is 4.90 Å². The van der Waals surface area contributed by atoms with Crippen molar-refractivity contribution < 1.29 is 0 Å². The minimum absolute atomic E-state index is 1.35. The second-order valence-corrected chi connectivity index (χ2v) is 17.0. The third-order valence-corrected chi connectivity index (χ3v) is 17.0. The molecule has 0 aliphatic carbocycles. The van der Waals surface area contributed by atoms with E-state index in [1.54, 1.807) is 46.7 Å². The SMILES string of the molecule is CCCCC[CH2][Ge]12[CH2]CCN(CC[CH2]1)CC[CH2]2. The Hall–Kier alpha value is 0.503. The summed E-state index contributed by atoms with van der Waals surface area (Å²) in [4.78, 5) is 2.74. The molecule has 0 aromatic heterocycles. The number of fused-ring (bicyclic) bond motifs is 6. The Labute approximate surface area is 111 Å². The Balaban J connectivity index is 1.85. The Morgan fingerprint density at radius 2 is 1.41 bits per heavy atom. The van der Waals surface area contributed by atoms with Crippen LogP contribution in [-0.2, 0) is 0 Å². The van der Waals surface area contributed by atoms with Gasteiger partial charge < -0.3 is 0 Å². The first-order valence-electron chi connectivity index (χ1n) is 8.07. The van der Waals surface area contributed by atoms with Crippen molar-refractivity contribution in [3.05, 3.63) is 0 Å². The van der Waals surface area contributed by atoms with E-state index in [0.29, 0.717) is 0 Å². The van der Waals surface area contributed by atoms with Gasteiger partial charge in [-0.25, -0.2) is 0 Å². The number of hydrogen-bond acceptors (Lipinski definition) is 1. The van der Waals surface area contributed by atoms with Crippen LogP contribution >= 0.6 is 0 Å². The van der Waals surface area contributed by atoms with E-state index >= 15 is 0 Å². The Morgan fingerprint density at radius 1 is 0.824 bits per heavy atom. The molecule has 3 aliphatic rings. The molecular formula is C15H31GeN. The minimum atomic E-state index is -1.35. The number of hydrogen-bond donors (Lipinski definition) is 0. The predicted octanol–water partition coefficient (Wildman–Crippen LogP) is 4.52. The molecule has 0 atom stereocenters. The van der Waals surface area contributed by atoms with E-state index < -0.39 is 13.3 Å². The first kappa shape index (κ1) is 13.9. The summed E-state index contributed by atoms with van der Waals surface area (Å²) in [6.07, 6.45) is 10.6. The molecule has 100 valence electrons. The Bertz CT molecular complexity index is 190. The van der Waals surface area contributed by atoms with E-state index in [0.717, 1.165) is 0 Å². The molecule has 3 rings (SSSR count). The summed E-state index contributed by atoms with van der Waals surface area (Å²) in [6, 6.07) is 0. The van der Waals surface area contributed by atoms with Crippen molar-refractivity contribution in [2.75, 3.05) is 19.6 Å². The van der Waals surface area contributed by atoms with E-state index in [2.05, 4.69) is 11.8 Å². The van der Waals surface area contributed by atoms with E-state index in [-0.39, 0.29) is 0 Å². The van der Waals surface area contributed by atoms with Gasteiger partial charge in [0.05, 0.1) is 0 Å². The summed E-state index contributed by atoms with van der Waals surface area (Å²) >= 11 is -1.35. The second kappa shape index (κ2) is 7.18. The standard InChI is InChI=1S/C15H31GeN/c1-2-3-4-5-9-16-10-6-13-17(14-7-11-16)15-8-12-16/h2-15H2,1H3. The van der Waals surface area contributed by atoms with Crippen LogP contribution in [0.2, 0.25) is 21.0 Å². The van der Waals surface area contributed by atoms with Crippen molar-refractivity contribution in [2.24, 2.45) is 0 Å². The molecule has 17 heavy (non-hydrogen) atoms. The summed E-state index contributed by atoms with van der Waals surface area (Å²) in [5, 5.41) is 6.86. The predicted molar refractivity (Wildman–Crippen MR) is 79.4 cm³/mol.